The lowest BCUT2D eigenvalue weighted by Gasteiger charge is -2.14. The van der Waals surface area contributed by atoms with E-state index in [9.17, 15) is 14.4 Å². The van der Waals surface area contributed by atoms with Crippen LogP contribution in [-0.4, -0.2) is 29.7 Å². The molecule has 0 saturated heterocycles. The lowest BCUT2D eigenvalue weighted by atomic mass is 10.2. The number of rotatable bonds is 8. The molecule has 1 aromatic heterocycles. The minimum atomic E-state index is -0.946. The molecular weight excluding hydrogens is 376 g/mol. The summed E-state index contributed by atoms with van der Waals surface area (Å²) in [5, 5.41) is 2.72. The van der Waals surface area contributed by atoms with Crippen LogP contribution in [0, 0.1) is 0 Å². The third kappa shape index (κ3) is 5.04. The minimum Gasteiger partial charge on any atom is -0.497 e. The summed E-state index contributed by atoms with van der Waals surface area (Å²) in [6.07, 6.45) is -1.00. The molecule has 0 bridgehead atoms. The molecule has 1 N–H and O–H groups in total. The van der Waals surface area contributed by atoms with Gasteiger partial charge in [0, 0.05) is 13.1 Å². The van der Waals surface area contributed by atoms with Gasteiger partial charge in [-0.25, -0.2) is 4.79 Å². The van der Waals surface area contributed by atoms with Crippen LogP contribution in [0.2, 0.25) is 0 Å². The van der Waals surface area contributed by atoms with E-state index < -0.39 is 23.7 Å². The molecular formula is C21H22N2O6. The van der Waals surface area contributed by atoms with E-state index in [1.807, 2.05) is 12.1 Å². The van der Waals surface area contributed by atoms with Gasteiger partial charge >= 0.3 is 11.7 Å². The molecule has 0 aliphatic rings. The molecule has 0 unspecified atom stereocenters. The SMILES string of the molecule is COc1ccc(CNC(=O)[C@H](C)OC(=O)CCn2c(=O)oc3ccccc32)cc1. The van der Waals surface area contributed by atoms with Crippen LogP contribution in [0.4, 0.5) is 0 Å². The molecule has 1 heterocycles. The van der Waals surface area contributed by atoms with E-state index in [4.69, 9.17) is 13.9 Å². The maximum Gasteiger partial charge on any atom is 0.419 e. The van der Waals surface area contributed by atoms with Gasteiger partial charge in [-0.2, -0.15) is 0 Å². The number of benzene rings is 2. The molecule has 1 amide bonds. The van der Waals surface area contributed by atoms with Gasteiger partial charge in [-0.1, -0.05) is 24.3 Å². The predicted octanol–water partition coefficient (Wildman–Crippen LogP) is 2.24. The molecule has 0 aliphatic carbocycles. The Hall–Kier alpha value is -3.55. The van der Waals surface area contributed by atoms with Gasteiger partial charge in [0.1, 0.15) is 5.75 Å². The Labute approximate surface area is 167 Å². The van der Waals surface area contributed by atoms with Crippen molar-refractivity contribution in [3.8, 4) is 5.75 Å². The third-order valence-corrected chi connectivity index (χ3v) is 4.42. The molecule has 8 heteroatoms. The number of fused-ring (bicyclic) bond motifs is 1. The quantitative estimate of drug-likeness (QED) is 0.584. The minimum absolute atomic E-state index is 0.0560. The number of aryl methyl sites for hydroxylation is 1. The maximum atomic E-state index is 12.2. The predicted molar refractivity (Wildman–Crippen MR) is 105 cm³/mol. The average molecular weight is 398 g/mol. The van der Waals surface area contributed by atoms with Gasteiger partial charge < -0.3 is 19.2 Å². The smallest absolute Gasteiger partial charge is 0.419 e. The second kappa shape index (κ2) is 9.09. The van der Waals surface area contributed by atoms with Crippen molar-refractivity contribution in [1.82, 2.24) is 9.88 Å². The Balaban J connectivity index is 1.48. The molecule has 1 atom stereocenters. The van der Waals surface area contributed by atoms with Crippen molar-refractivity contribution in [3.05, 3.63) is 64.6 Å². The number of ether oxygens (including phenoxy) is 2. The number of carbonyl (C=O) groups excluding carboxylic acids is 2. The number of amides is 1. The average Bonchev–Trinajstić information content (AvgIpc) is 3.05. The van der Waals surface area contributed by atoms with E-state index in [-0.39, 0.29) is 13.0 Å². The summed E-state index contributed by atoms with van der Waals surface area (Å²) in [7, 11) is 1.58. The fraction of sp³-hybridized carbons (Fsp3) is 0.286. The third-order valence-electron chi connectivity index (χ3n) is 4.42. The van der Waals surface area contributed by atoms with Gasteiger partial charge in [0.25, 0.3) is 5.91 Å². The molecule has 0 radical (unpaired) electrons. The number of oxazole rings is 1. The maximum absolute atomic E-state index is 12.2. The Morgan fingerprint density at radius 3 is 2.59 bits per heavy atom. The molecule has 0 aliphatic heterocycles. The first-order valence-electron chi connectivity index (χ1n) is 9.16. The Bertz CT molecular complexity index is 1050. The van der Waals surface area contributed by atoms with E-state index in [0.717, 1.165) is 11.3 Å². The number of nitrogens with zero attached hydrogens (tertiary/aromatic N) is 1. The van der Waals surface area contributed by atoms with Crippen molar-refractivity contribution in [2.24, 2.45) is 0 Å². The summed E-state index contributed by atoms with van der Waals surface area (Å²) >= 11 is 0. The van der Waals surface area contributed by atoms with E-state index in [2.05, 4.69) is 5.32 Å². The molecule has 29 heavy (non-hydrogen) atoms. The zero-order chi connectivity index (χ0) is 20.8. The topological polar surface area (TPSA) is 99.8 Å². The Morgan fingerprint density at radius 2 is 1.86 bits per heavy atom. The molecule has 0 saturated carbocycles. The first-order chi connectivity index (χ1) is 14.0. The lowest BCUT2D eigenvalue weighted by molar-refractivity contribution is -0.155. The normalized spacial score (nSPS) is 11.8. The monoisotopic (exact) mass is 398 g/mol. The zero-order valence-corrected chi connectivity index (χ0v) is 16.2. The van der Waals surface area contributed by atoms with Gasteiger partial charge in [-0.05, 0) is 36.8 Å². The van der Waals surface area contributed by atoms with Crippen LogP contribution in [0.15, 0.2) is 57.7 Å². The second-order valence-electron chi connectivity index (χ2n) is 6.44. The lowest BCUT2D eigenvalue weighted by Crippen LogP contribution is -2.35. The largest absolute Gasteiger partial charge is 0.497 e. The van der Waals surface area contributed by atoms with Crippen LogP contribution in [0.3, 0.4) is 0 Å². The highest BCUT2D eigenvalue weighted by molar-refractivity contribution is 5.83. The van der Waals surface area contributed by atoms with E-state index in [1.165, 1.54) is 11.5 Å². The van der Waals surface area contributed by atoms with Crippen LogP contribution < -0.4 is 15.8 Å². The number of hydrogen-bond donors (Lipinski definition) is 1. The van der Waals surface area contributed by atoms with Crippen molar-refractivity contribution in [2.45, 2.75) is 32.5 Å². The van der Waals surface area contributed by atoms with Crippen molar-refractivity contribution >= 4 is 23.0 Å². The summed E-state index contributed by atoms with van der Waals surface area (Å²) in [5.41, 5.74) is 1.96. The van der Waals surface area contributed by atoms with E-state index in [0.29, 0.717) is 17.6 Å². The Kier molecular flexibility index (Phi) is 6.33. The number of aromatic nitrogens is 1. The molecule has 3 aromatic rings. The standard InChI is InChI=1S/C21H22N2O6/c1-14(20(25)22-13-15-7-9-16(27-2)10-8-15)28-19(24)11-12-23-17-5-3-4-6-18(17)29-21(23)26/h3-10,14H,11-13H2,1-2H3,(H,22,25)/t14-/m0/s1. The number of para-hydroxylation sites is 2. The van der Waals surface area contributed by atoms with Gasteiger partial charge in [0.2, 0.25) is 0 Å². The highest BCUT2D eigenvalue weighted by atomic mass is 16.5. The summed E-state index contributed by atoms with van der Waals surface area (Å²) in [5.74, 6) is -0.787. The number of esters is 1. The molecule has 0 fully saturated rings. The first kappa shape index (κ1) is 20.2. The van der Waals surface area contributed by atoms with Crippen molar-refractivity contribution < 1.29 is 23.5 Å². The van der Waals surface area contributed by atoms with Crippen LogP contribution in [0.25, 0.3) is 11.1 Å². The van der Waals surface area contributed by atoms with Crippen LogP contribution in [0.5, 0.6) is 5.75 Å². The Morgan fingerprint density at radius 1 is 1.14 bits per heavy atom. The molecule has 0 spiro atoms. The highest BCUT2D eigenvalue weighted by Gasteiger charge is 2.18. The molecule has 8 nitrogen and oxygen atoms in total. The first-order valence-corrected chi connectivity index (χ1v) is 9.16. The zero-order valence-electron chi connectivity index (χ0n) is 16.2. The molecule has 3 rings (SSSR count). The highest BCUT2D eigenvalue weighted by Crippen LogP contribution is 2.13. The fourth-order valence-electron chi connectivity index (χ4n) is 2.81. The van der Waals surface area contributed by atoms with Gasteiger partial charge in [0.15, 0.2) is 11.7 Å². The number of methoxy groups -OCH3 is 1. The second-order valence-corrected chi connectivity index (χ2v) is 6.44. The summed E-state index contributed by atoms with van der Waals surface area (Å²) in [6.45, 7) is 1.91. The number of hydrogen-bond acceptors (Lipinski definition) is 6. The van der Waals surface area contributed by atoms with Gasteiger partial charge in [-0.3, -0.25) is 14.2 Å². The number of carbonyl (C=O) groups is 2. The van der Waals surface area contributed by atoms with Gasteiger partial charge in [-0.15, -0.1) is 0 Å². The van der Waals surface area contributed by atoms with Crippen molar-refractivity contribution in [3.63, 3.8) is 0 Å². The van der Waals surface area contributed by atoms with Crippen LogP contribution in [0.1, 0.15) is 18.9 Å². The van der Waals surface area contributed by atoms with E-state index in [1.54, 1.807) is 43.5 Å². The summed E-state index contributed by atoms with van der Waals surface area (Å²) < 4.78 is 16.7. The number of nitrogens with one attached hydrogen (secondary N) is 1. The van der Waals surface area contributed by atoms with Crippen molar-refractivity contribution in [2.75, 3.05) is 7.11 Å². The summed E-state index contributed by atoms with van der Waals surface area (Å²) in [6, 6.07) is 14.2. The summed E-state index contributed by atoms with van der Waals surface area (Å²) in [4.78, 5) is 36.2. The fourth-order valence-corrected chi connectivity index (χ4v) is 2.81. The van der Waals surface area contributed by atoms with Gasteiger partial charge in [0.05, 0.1) is 19.0 Å². The van der Waals surface area contributed by atoms with Crippen LogP contribution >= 0.6 is 0 Å². The van der Waals surface area contributed by atoms with Crippen LogP contribution in [-0.2, 0) is 27.4 Å². The molecule has 152 valence electrons. The van der Waals surface area contributed by atoms with Crippen molar-refractivity contribution in [1.29, 1.82) is 0 Å². The molecule has 2 aromatic carbocycles. The van der Waals surface area contributed by atoms with E-state index >= 15 is 0 Å².